The van der Waals surface area contributed by atoms with E-state index in [-0.39, 0.29) is 17.1 Å². The number of thioether (sulfide) groups is 2. The van der Waals surface area contributed by atoms with E-state index in [1.54, 1.807) is 11.5 Å². The fourth-order valence-corrected chi connectivity index (χ4v) is 11.4. The highest BCUT2D eigenvalue weighted by molar-refractivity contribution is 8.03. The number of nitrogens with one attached hydrogen (secondary N) is 2. The highest BCUT2D eigenvalue weighted by atomic mass is 32.2. The molecule has 12 nitrogen and oxygen atoms in total. The van der Waals surface area contributed by atoms with Gasteiger partial charge >= 0.3 is 5.97 Å². The van der Waals surface area contributed by atoms with E-state index >= 15 is 0 Å². The fraction of sp³-hybridized carbons (Fsp3) is 0.140. The molecule has 0 aliphatic carbocycles. The van der Waals surface area contributed by atoms with Crippen molar-refractivity contribution in [3.63, 3.8) is 0 Å². The van der Waals surface area contributed by atoms with Crippen LogP contribution in [0.1, 0.15) is 45.4 Å². The summed E-state index contributed by atoms with van der Waals surface area (Å²) >= 11 is 5.38. The molecule has 2 aromatic heterocycles. The van der Waals surface area contributed by atoms with Gasteiger partial charge in [0.2, 0.25) is 0 Å². The van der Waals surface area contributed by atoms with E-state index in [2.05, 4.69) is 61.5 Å². The van der Waals surface area contributed by atoms with Crippen molar-refractivity contribution in [3.8, 4) is 0 Å². The average Bonchev–Trinajstić information content (AvgIpc) is 4.02. The molecule has 5 aromatic carbocycles. The van der Waals surface area contributed by atoms with Crippen LogP contribution < -0.4 is 10.6 Å². The lowest BCUT2D eigenvalue weighted by Gasteiger charge is -2.49. The number of hydrogen-bond donors (Lipinski definition) is 2. The smallest absolute Gasteiger partial charge is 0.356 e. The number of aryl methyl sites for hydroxylation is 1. The summed E-state index contributed by atoms with van der Waals surface area (Å²) in [6.45, 7) is 1.82. The van der Waals surface area contributed by atoms with Gasteiger partial charge in [0.1, 0.15) is 41.3 Å². The topological polar surface area (TPSA) is 148 Å². The molecule has 0 bridgehead atoms. The van der Waals surface area contributed by atoms with Gasteiger partial charge in [-0.3, -0.25) is 14.5 Å². The summed E-state index contributed by atoms with van der Waals surface area (Å²) in [5.41, 5.74) is 4.47. The van der Waals surface area contributed by atoms with Crippen LogP contribution >= 0.6 is 46.4 Å². The molecule has 1 saturated heterocycles. The van der Waals surface area contributed by atoms with Crippen LogP contribution in [0.25, 0.3) is 0 Å². The van der Waals surface area contributed by atoms with Crippen LogP contribution in [0.15, 0.2) is 189 Å². The summed E-state index contributed by atoms with van der Waals surface area (Å²) in [4.78, 5) is 59.0. The second-order valence-electron chi connectivity index (χ2n) is 15.0. The van der Waals surface area contributed by atoms with Gasteiger partial charge in [-0.1, -0.05) is 169 Å². The Labute approximate surface area is 398 Å². The van der Waals surface area contributed by atoms with E-state index in [0.29, 0.717) is 22.3 Å². The van der Waals surface area contributed by atoms with Gasteiger partial charge in [-0.05, 0) is 63.3 Å². The molecule has 2 amide bonds. The predicted octanol–water partition coefficient (Wildman–Crippen LogP) is 9.35. The summed E-state index contributed by atoms with van der Waals surface area (Å²) in [7, 11) is 1.34. The molecule has 7 aromatic rings. The zero-order valence-corrected chi connectivity index (χ0v) is 38.8. The van der Waals surface area contributed by atoms with Gasteiger partial charge in [0.15, 0.2) is 21.3 Å². The summed E-state index contributed by atoms with van der Waals surface area (Å²) in [5.74, 6) is -0.787. The average molecular weight is 948 g/mol. The van der Waals surface area contributed by atoms with Crippen molar-refractivity contribution in [3.05, 3.63) is 219 Å². The van der Waals surface area contributed by atoms with E-state index in [1.165, 1.54) is 58.4 Å². The van der Waals surface area contributed by atoms with Gasteiger partial charge in [0.05, 0.1) is 0 Å². The summed E-state index contributed by atoms with van der Waals surface area (Å²) in [6.07, 6.45) is 1.06. The Morgan fingerprint density at radius 3 is 1.92 bits per heavy atom. The van der Waals surface area contributed by atoms with Crippen LogP contribution in [0.5, 0.6) is 0 Å². The number of anilines is 1. The number of hydrogen-bond acceptors (Lipinski definition) is 14. The van der Waals surface area contributed by atoms with E-state index in [0.717, 1.165) is 32.2 Å². The van der Waals surface area contributed by atoms with Gasteiger partial charge in [0, 0.05) is 11.1 Å². The number of ether oxygens (including phenoxy) is 1. The number of benzene rings is 5. The van der Waals surface area contributed by atoms with E-state index in [4.69, 9.17) is 14.6 Å². The number of carbonyl (C=O) groups is 3. The lowest BCUT2D eigenvalue weighted by Crippen LogP contribution is -2.71. The number of allylic oxidation sites excluding steroid dienone is 1. The number of aromatic nitrogens is 3. The second-order valence-corrected chi connectivity index (χ2v) is 18.9. The lowest BCUT2D eigenvalue weighted by atomic mass is 9.77. The predicted molar refractivity (Wildman–Crippen MR) is 261 cm³/mol. The Morgan fingerprint density at radius 1 is 0.833 bits per heavy atom. The number of amides is 2. The fourth-order valence-electron chi connectivity index (χ4n) is 7.89. The van der Waals surface area contributed by atoms with Crippen molar-refractivity contribution in [2.75, 3.05) is 18.2 Å². The molecule has 2 unspecified atom stereocenters. The molecule has 16 heteroatoms. The number of β-lactam (4-membered cyclic amide) rings is 1. The first kappa shape index (κ1) is 44.4. The van der Waals surface area contributed by atoms with Gasteiger partial charge < -0.3 is 20.2 Å². The molecule has 2 aliphatic rings. The highest BCUT2D eigenvalue weighted by Crippen LogP contribution is 2.43. The third kappa shape index (κ3) is 9.17. The Kier molecular flexibility index (Phi) is 13.5. The van der Waals surface area contributed by atoms with Crippen molar-refractivity contribution in [2.45, 2.75) is 34.3 Å². The van der Waals surface area contributed by atoms with Crippen LogP contribution in [0.4, 0.5) is 5.13 Å². The first-order chi connectivity index (χ1) is 32.3. The van der Waals surface area contributed by atoms with Crippen molar-refractivity contribution in [2.24, 2.45) is 5.16 Å². The molecule has 9 rings (SSSR count). The Balaban J connectivity index is 0.985. The summed E-state index contributed by atoms with van der Waals surface area (Å²) in [5, 5.41) is 14.2. The van der Waals surface area contributed by atoms with Crippen molar-refractivity contribution < 1.29 is 24.0 Å². The molecule has 0 saturated carbocycles. The molecule has 1 fully saturated rings. The number of rotatable bonds is 16. The standard InChI is InChI=1S/C50H41N7O5S4/c1-32-51-49(66-56-32)63-29-28-35-30-64-46-41(45(59)57(46)42(35)47(60)62-43(33-18-8-3-9-19-33)34-20-10-4-11-21-34)53-44(58)40(55-61-2)39-31-65-48(52-39)54-50(36-22-12-5-13-23-36,37-24-14-6-15-25-37)38-26-16-7-17-27-38/h3-29,31,41,43,46H,30H2,1-2H3,(H,52,54)(H,53,58)/b29-28+,55-40+. The molecule has 66 heavy (non-hydrogen) atoms. The van der Waals surface area contributed by atoms with Crippen LogP contribution in [-0.2, 0) is 29.5 Å². The van der Waals surface area contributed by atoms with Crippen LogP contribution in [0.3, 0.4) is 0 Å². The van der Waals surface area contributed by atoms with Crippen molar-refractivity contribution in [1.29, 1.82) is 0 Å². The summed E-state index contributed by atoms with van der Waals surface area (Å²) < 4.78 is 11.3. The van der Waals surface area contributed by atoms with Gasteiger partial charge in [-0.15, -0.1) is 23.1 Å². The minimum atomic E-state index is -0.992. The molecule has 2 atom stereocenters. The summed E-state index contributed by atoms with van der Waals surface area (Å²) in [6, 6.07) is 48.3. The Hall–Kier alpha value is -6.85. The molecule has 4 heterocycles. The van der Waals surface area contributed by atoms with E-state index in [9.17, 15) is 14.4 Å². The molecule has 2 N–H and O–H groups in total. The monoisotopic (exact) mass is 947 g/mol. The maximum atomic E-state index is 14.5. The molecular weight excluding hydrogens is 907 g/mol. The first-order valence-electron chi connectivity index (χ1n) is 20.8. The van der Waals surface area contributed by atoms with Gasteiger partial charge in [-0.25, -0.2) is 14.8 Å². The van der Waals surface area contributed by atoms with E-state index < -0.39 is 40.8 Å². The van der Waals surface area contributed by atoms with Gasteiger partial charge in [0.25, 0.3) is 11.8 Å². The number of oxime groups is 1. The minimum absolute atomic E-state index is 0.108. The normalized spacial score (nSPS) is 16.2. The number of thiazole rings is 1. The lowest BCUT2D eigenvalue weighted by molar-refractivity contribution is -0.154. The molecule has 0 radical (unpaired) electrons. The van der Waals surface area contributed by atoms with Crippen LogP contribution in [-0.4, -0.2) is 67.0 Å². The molecular formula is C50H41N7O5S4. The van der Waals surface area contributed by atoms with Crippen LogP contribution in [0.2, 0.25) is 0 Å². The second kappa shape index (κ2) is 20.1. The third-order valence-electron chi connectivity index (χ3n) is 10.9. The number of esters is 1. The molecule has 0 spiro atoms. The Morgan fingerprint density at radius 2 is 1.39 bits per heavy atom. The number of nitrogens with zero attached hydrogens (tertiary/aromatic N) is 5. The first-order valence-corrected chi connectivity index (χ1v) is 24.4. The maximum absolute atomic E-state index is 14.5. The molecule has 2 aliphatic heterocycles. The zero-order valence-electron chi connectivity index (χ0n) is 35.5. The highest BCUT2D eigenvalue weighted by Gasteiger charge is 2.55. The van der Waals surface area contributed by atoms with Crippen molar-refractivity contribution in [1.82, 2.24) is 24.6 Å². The zero-order chi connectivity index (χ0) is 45.5. The Bertz CT molecular complexity index is 2780. The SMILES string of the molecule is CO/N=C(/C(=O)NC1C(=O)N2C(C(=O)OC(c3ccccc3)c3ccccc3)=C(/C=C/Sc3nc(C)ns3)CSC12)c1csc(NC(c2ccccc2)(c2ccccc2)c2ccccc2)n1. The van der Waals surface area contributed by atoms with E-state index in [1.807, 2.05) is 128 Å². The minimum Gasteiger partial charge on any atom is -0.448 e. The quantitative estimate of drug-likeness (QED) is 0.0239. The van der Waals surface area contributed by atoms with Gasteiger partial charge in [-0.2, -0.15) is 4.37 Å². The number of carbonyl (C=O) groups excluding carboxylic acids is 3. The third-order valence-corrected chi connectivity index (χ3v) is 14.7. The van der Waals surface area contributed by atoms with Crippen molar-refractivity contribution >= 4 is 75.0 Å². The van der Waals surface area contributed by atoms with Crippen LogP contribution in [0, 0.1) is 6.92 Å². The molecule has 330 valence electrons. The largest absolute Gasteiger partial charge is 0.448 e. The number of fused-ring (bicyclic) bond motifs is 1. The maximum Gasteiger partial charge on any atom is 0.356 e.